The predicted molar refractivity (Wildman–Crippen MR) is 67.3 cm³/mol. The smallest absolute Gasteiger partial charge is 0.317 e. The Morgan fingerprint density at radius 2 is 2.61 bits per heavy atom. The molecule has 0 aliphatic carbocycles. The highest BCUT2D eigenvalue weighted by Gasteiger charge is 2.19. The maximum atomic E-state index is 12.0. The first-order valence-electron chi connectivity index (χ1n) is 6.37. The van der Waals surface area contributed by atoms with Crippen LogP contribution in [0.4, 0.5) is 4.79 Å². The lowest BCUT2D eigenvalue weighted by molar-refractivity contribution is 0.0710. The quantitative estimate of drug-likeness (QED) is 0.835. The standard InChI is InChI=1S/C12H20N4O2/c1-10-8-16(5-2-6-18-10)12(17)14-4-3-11-7-13-9-15-11/h7,9-10H,2-6,8H2,1H3,(H,13,15)(H,14,17)/t10-/m0/s1. The Balaban J connectivity index is 1.73. The number of carbonyl (C=O) groups excluding carboxylic acids is 1. The van der Waals surface area contributed by atoms with E-state index in [1.807, 2.05) is 11.8 Å². The highest BCUT2D eigenvalue weighted by atomic mass is 16.5. The van der Waals surface area contributed by atoms with Gasteiger partial charge in [-0.2, -0.15) is 0 Å². The van der Waals surface area contributed by atoms with Gasteiger partial charge in [0, 0.05) is 44.6 Å². The minimum Gasteiger partial charge on any atom is -0.377 e. The van der Waals surface area contributed by atoms with Crippen LogP contribution in [0.25, 0.3) is 0 Å². The van der Waals surface area contributed by atoms with E-state index in [1.54, 1.807) is 12.5 Å². The molecule has 6 nitrogen and oxygen atoms in total. The fourth-order valence-electron chi connectivity index (χ4n) is 2.02. The monoisotopic (exact) mass is 252 g/mol. The fourth-order valence-corrected chi connectivity index (χ4v) is 2.02. The first-order chi connectivity index (χ1) is 8.75. The molecule has 0 bridgehead atoms. The van der Waals surface area contributed by atoms with E-state index >= 15 is 0 Å². The molecule has 2 rings (SSSR count). The molecule has 2 amide bonds. The molecule has 2 heterocycles. The summed E-state index contributed by atoms with van der Waals surface area (Å²) in [5.41, 5.74) is 1.03. The second-order valence-corrected chi connectivity index (χ2v) is 4.54. The first-order valence-corrected chi connectivity index (χ1v) is 6.37. The van der Waals surface area contributed by atoms with Gasteiger partial charge in [0.05, 0.1) is 12.4 Å². The number of hydrogen-bond donors (Lipinski definition) is 2. The highest BCUT2D eigenvalue weighted by Crippen LogP contribution is 2.05. The topological polar surface area (TPSA) is 70.2 Å². The fraction of sp³-hybridized carbons (Fsp3) is 0.667. The number of H-pyrrole nitrogens is 1. The van der Waals surface area contributed by atoms with E-state index < -0.39 is 0 Å². The van der Waals surface area contributed by atoms with E-state index in [0.29, 0.717) is 13.1 Å². The third kappa shape index (κ3) is 3.73. The van der Waals surface area contributed by atoms with Crippen molar-refractivity contribution >= 4 is 6.03 Å². The number of hydrogen-bond acceptors (Lipinski definition) is 3. The number of aromatic amines is 1. The average molecular weight is 252 g/mol. The number of ether oxygens (including phenoxy) is 1. The van der Waals surface area contributed by atoms with Crippen LogP contribution < -0.4 is 5.32 Å². The Hall–Kier alpha value is -1.56. The summed E-state index contributed by atoms with van der Waals surface area (Å²) in [4.78, 5) is 20.7. The van der Waals surface area contributed by atoms with Gasteiger partial charge in [-0.25, -0.2) is 9.78 Å². The number of nitrogens with zero attached hydrogens (tertiary/aromatic N) is 2. The molecule has 0 unspecified atom stereocenters. The lowest BCUT2D eigenvalue weighted by atomic mass is 10.3. The lowest BCUT2D eigenvalue weighted by Crippen LogP contribution is -2.43. The predicted octanol–water partition coefficient (Wildman–Crippen LogP) is 0.773. The number of amides is 2. The van der Waals surface area contributed by atoms with Gasteiger partial charge in [-0.1, -0.05) is 0 Å². The van der Waals surface area contributed by atoms with Crippen LogP contribution in [0.15, 0.2) is 12.5 Å². The number of aromatic nitrogens is 2. The van der Waals surface area contributed by atoms with E-state index in [1.165, 1.54) is 0 Å². The van der Waals surface area contributed by atoms with Crippen molar-refractivity contribution in [2.75, 3.05) is 26.2 Å². The van der Waals surface area contributed by atoms with Crippen LogP contribution in [0, 0.1) is 0 Å². The molecule has 1 aromatic heterocycles. The molecule has 0 spiro atoms. The number of nitrogens with one attached hydrogen (secondary N) is 2. The van der Waals surface area contributed by atoms with Crippen molar-refractivity contribution < 1.29 is 9.53 Å². The number of rotatable bonds is 3. The zero-order valence-corrected chi connectivity index (χ0v) is 10.7. The first kappa shape index (κ1) is 12.9. The Bertz CT molecular complexity index is 366. The van der Waals surface area contributed by atoms with E-state index in [4.69, 9.17) is 4.74 Å². The minimum absolute atomic E-state index is 0.00753. The molecule has 1 aliphatic rings. The molecule has 6 heteroatoms. The molecule has 100 valence electrons. The van der Waals surface area contributed by atoms with E-state index in [-0.39, 0.29) is 12.1 Å². The van der Waals surface area contributed by atoms with Gasteiger partial charge in [0.2, 0.25) is 0 Å². The van der Waals surface area contributed by atoms with E-state index in [2.05, 4.69) is 15.3 Å². The van der Waals surface area contributed by atoms with Gasteiger partial charge < -0.3 is 19.9 Å². The van der Waals surface area contributed by atoms with Crippen molar-refractivity contribution in [2.45, 2.75) is 25.9 Å². The van der Waals surface area contributed by atoms with Gasteiger partial charge >= 0.3 is 6.03 Å². The molecular formula is C12H20N4O2. The van der Waals surface area contributed by atoms with Gasteiger partial charge in [0.1, 0.15) is 0 Å². The second-order valence-electron chi connectivity index (χ2n) is 4.54. The minimum atomic E-state index is -0.00753. The van der Waals surface area contributed by atoms with E-state index in [0.717, 1.165) is 31.7 Å². The summed E-state index contributed by atoms with van der Waals surface area (Å²) in [5, 5.41) is 2.92. The molecule has 0 radical (unpaired) electrons. The van der Waals surface area contributed by atoms with Gasteiger partial charge in [-0.15, -0.1) is 0 Å². The molecule has 0 aromatic carbocycles. The summed E-state index contributed by atoms with van der Waals surface area (Å²) in [6.45, 7) is 4.78. The Labute approximate surface area is 107 Å². The van der Waals surface area contributed by atoms with Gasteiger partial charge in [-0.05, 0) is 13.3 Å². The Kier molecular flexibility index (Phi) is 4.58. The molecule has 1 atom stereocenters. The van der Waals surface area contributed by atoms with Crippen molar-refractivity contribution in [1.29, 1.82) is 0 Å². The van der Waals surface area contributed by atoms with Crippen molar-refractivity contribution in [3.63, 3.8) is 0 Å². The zero-order valence-electron chi connectivity index (χ0n) is 10.7. The van der Waals surface area contributed by atoms with Gasteiger partial charge in [-0.3, -0.25) is 0 Å². The lowest BCUT2D eigenvalue weighted by Gasteiger charge is -2.22. The summed E-state index contributed by atoms with van der Waals surface area (Å²) >= 11 is 0. The summed E-state index contributed by atoms with van der Waals surface area (Å²) in [6, 6.07) is -0.00753. The zero-order chi connectivity index (χ0) is 12.8. The Morgan fingerprint density at radius 3 is 3.39 bits per heavy atom. The molecule has 1 aliphatic heterocycles. The third-order valence-corrected chi connectivity index (χ3v) is 2.96. The van der Waals surface area contributed by atoms with Crippen molar-refractivity contribution in [1.82, 2.24) is 20.2 Å². The SMILES string of the molecule is C[C@H]1CN(C(=O)NCCc2cnc[nH]2)CCCO1. The van der Waals surface area contributed by atoms with Crippen molar-refractivity contribution in [3.8, 4) is 0 Å². The number of imidazole rings is 1. The average Bonchev–Trinajstić information content (AvgIpc) is 2.77. The van der Waals surface area contributed by atoms with Crippen LogP contribution in [0.5, 0.6) is 0 Å². The largest absolute Gasteiger partial charge is 0.377 e. The summed E-state index contributed by atoms with van der Waals surface area (Å²) < 4.78 is 5.51. The molecule has 18 heavy (non-hydrogen) atoms. The Morgan fingerprint density at radius 1 is 1.72 bits per heavy atom. The maximum Gasteiger partial charge on any atom is 0.317 e. The van der Waals surface area contributed by atoms with Crippen LogP contribution >= 0.6 is 0 Å². The maximum absolute atomic E-state index is 12.0. The second kappa shape index (κ2) is 6.39. The van der Waals surface area contributed by atoms with Gasteiger partial charge in [0.25, 0.3) is 0 Å². The van der Waals surface area contributed by atoms with Crippen LogP contribution in [-0.4, -0.2) is 53.2 Å². The molecule has 1 fully saturated rings. The summed E-state index contributed by atoms with van der Waals surface area (Å²) in [7, 11) is 0. The van der Waals surface area contributed by atoms with E-state index in [9.17, 15) is 4.79 Å². The molecule has 0 saturated carbocycles. The van der Waals surface area contributed by atoms with Crippen LogP contribution in [0.3, 0.4) is 0 Å². The molecule has 1 aromatic rings. The van der Waals surface area contributed by atoms with Crippen molar-refractivity contribution in [3.05, 3.63) is 18.2 Å². The van der Waals surface area contributed by atoms with Crippen LogP contribution in [-0.2, 0) is 11.2 Å². The van der Waals surface area contributed by atoms with Crippen molar-refractivity contribution in [2.24, 2.45) is 0 Å². The number of carbonyl (C=O) groups is 1. The highest BCUT2D eigenvalue weighted by molar-refractivity contribution is 5.74. The van der Waals surface area contributed by atoms with Crippen LogP contribution in [0.2, 0.25) is 0 Å². The summed E-state index contributed by atoms with van der Waals surface area (Å²) in [5.74, 6) is 0. The molecule has 2 N–H and O–H groups in total. The molecule has 1 saturated heterocycles. The normalized spacial score (nSPS) is 20.5. The third-order valence-electron chi connectivity index (χ3n) is 2.96. The summed E-state index contributed by atoms with van der Waals surface area (Å²) in [6.07, 6.45) is 5.20. The number of urea groups is 1. The van der Waals surface area contributed by atoms with Gasteiger partial charge in [0.15, 0.2) is 0 Å². The molecular weight excluding hydrogens is 232 g/mol. The van der Waals surface area contributed by atoms with Crippen LogP contribution in [0.1, 0.15) is 19.0 Å².